The van der Waals surface area contributed by atoms with Gasteiger partial charge in [0, 0.05) is 0 Å². The molecule has 27 heavy (non-hydrogen) atoms. The van der Waals surface area contributed by atoms with Gasteiger partial charge in [-0.2, -0.15) is 0 Å². The molecule has 3 rings (SSSR count). The molecule has 1 heteroatoms. The Labute approximate surface area is 171 Å². The number of hydrogen-bond acceptors (Lipinski definition) is 0. The molecule has 0 unspecified atom stereocenters. The molecule has 0 spiro atoms. The number of benzene rings is 2. The summed E-state index contributed by atoms with van der Waals surface area (Å²) in [5, 5.41) is 0. The Morgan fingerprint density at radius 2 is 1.04 bits per heavy atom. The number of rotatable bonds is 8. The van der Waals surface area contributed by atoms with Crippen molar-refractivity contribution in [1.29, 1.82) is 0 Å². The predicted octanol–water partition coefficient (Wildman–Crippen LogP) is 7.35. The Morgan fingerprint density at radius 1 is 0.630 bits per heavy atom. The molecule has 0 aliphatic carbocycles. The monoisotopic (exact) mass is 423 g/mol. The van der Waals surface area contributed by atoms with Crippen LogP contribution in [0.1, 0.15) is 56.2 Å². The fourth-order valence-corrected chi connectivity index (χ4v) is 5.94. The van der Waals surface area contributed by atoms with Gasteiger partial charge in [0.25, 0.3) is 0 Å². The molecular weight excluding hydrogens is 391 g/mol. The molecule has 0 amide bonds. The fraction of sp³-hybridized carbons (Fsp3) is 0.346. The molecule has 0 atom stereocenters. The van der Waals surface area contributed by atoms with E-state index in [0.717, 1.165) is 0 Å². The van der Waals surface area contributed by atoms with Gasteiger partial charge in [-0.15, -0.1) is 0 Å². The Balaban J connectivity index is 1.83. The van der Waals surface area contributed by atoms with E-state index in [4.69, 9.17) is 0 Å². The predicted molar refractivity (Wildman–Crippen MR) is 121 cm³/mol. The molecule has 3 aromatic rings. The molecule has 1 heterocycles. The Morgan fingerprint density at radius 3 is 1.41 bits per heavy atom. The van der Waals surface area contributed by atoms with Crippen molar-refractivity contribution in [2.75, 3.05) is 0 Å². The number of unbranched alkanes of at least 4 members (excludes halogenated alkanes) is 2. The second-order valence-electron chi connectivity index (χ2n) is 7.46. The first kappa shape index (κ1) is 20.1. The zero-order chi connectivity index (χ0) is 19.1. The average Bonchev–Trinajstić information content (AvgIpc) is 2.71. The van der Waals surface area contributed by atoms with Crippen LogP contribution in [0.5, 0.6) is 0 Å². The van der Waals surface area contributed by atoms with Crippen LogP contribution >= 0.6 is 0 Å². The van der Waals surface area contributed by atoms with Crippen LogP contribution in [0, 0.1) is 6.92 Å². The Kier molecular flexibility index (Phi) is 7.44. The molecule has 0 aliphatic heterocycles. The summed E-state index contributed by atoms with van der Waals surface area (Å²) in [5.41, 5.74) is 7.06. The zero-order valence-electron chi connectivity index (χ0n) is 16.9. The minimum absolute atomic E-state index is 0.357. The third kappa shape index (κ3) is 5.64. The second-order valence-corrected chi connectivity index (χ2v) is 9.74. The van der Waals surface area contributed by atoms with E-state index in [9.17, 15) is 0 Å². The van der Waals surface area contributed by atoms with E-state index in [2.05, 4.69) is 81.4 Å². The van der Waals surface area contributed by atoms with Gasteiger partial charge in [-0.05, 0) is 0 Å². The summed E-state index contributed by atoms with van der Waals surface area (Å²) in [6.45, 7) is 6.74. The van der Waals surface area contributed by atoms with Crippen LogP contribution in [0.3, 0.4) is 0 Å². The van der Waals surface area contributed by atoms with E-state index in [1.807, 2.05) is 0 Å². The van der Waals surface area contributed by atoms with Crippen LogP contribution < -0.4 is 0 Å². The van der Waals surface area contributed by atoms with Gasteiger partial charge in [-0.25, -0.2) is 0 Å². The molecule has 1 aromatic heterocycles. The number of hydrogen-bond donors (Lipinski definition) is 0. The molecule has 0 N–H and O–H groups in total. The number of aryl methyl sites for hydroxylation is 3. The van der Waals surface area contributed by atoms with Gasteiger partial charge in [0.05, 0.1) is 0 Å². The summed E-state index contributed by atoms with van der Waals surface area (Å²) in [4.78, 5) is 0. The molecule has 0 saturated heterocycles. The first-order valence-corrected chi connectivity index (χ1v) is 12.0. The Hall–Kier alpha value is -1.69. The second kappa shape index (κ2) is 10.0. The molecule has 0 aliphatic rings. The van der Waals surface area contributed by atoms with E-state index in [1.165, 1.54) is 75.2 Å². The molecule has 0 bridgehead atoms. The molecule has 0 radical (unpaired) electrons. The van der Waals surface area contributed by atoms with Crippen LogP contribution in [0.15, 0.2) is 60.7 Å². The van der Waals surface area contributed by atoms with Gasteiger partial charge < -0.3 is 0 Å². The molecule has 0 nitrogen and oxygen atoms in total. The summed E-state index contributed by atoms with van der Waals surface area (Å²) in [7, 11) is 0. The third-order valence-electron chi connectivity index (χ3n) is 5.05. The van der Waals surface area contributed by atoms with Crippen molar-refractivity contribution in [2.45, 2.75) is 59.3 Å². The Bertz CT molecular complexity index is 775. The van der Waals surface area contributed by atoms with Gasteiger partial charge in [-0.1, -0.05) is 0 Å². The zero-order valence-corrected chi connectivity index (χ0v) is 18.6. The van der Waals surface area contributed by atoms with E-state index in [-0.39, 0.29) is 0 Å². The van der Waals surface area contributed by atoms with E-state index in [1.54, 1.807) is 0 Å². The van der Waals surface area contributed by atoms with E-state index < -0.39 is 0 Å². The fourth-order valence-electron chi connectivity index (χ4n) is 3.35. The quantitative estimate of drug-likeness (QED) is 0.333. The van der Waals surface area contributed by atoms with Crippen LogP contribution in [0.25, 0.3) is 20.0 Å². The molecule has 0 fully saturated rings. The maximum atomic E-state index is 2.38. The van der Waals surface area contributed by atoms with Crippen molar-refractivity contribution in [3.63, 3.8) is 0 Å². The summed E-state index contributed by atoms with van der Waals surface area (Å²) in [6.07, 6.45) is 7.47. The molecule has 2 aromatic carbocycles. The first-order chi connectivity index (χ1) is 13.2. The van der Waals surface area contributed by atoms with Crippen LogP contribution in [-0.4, -0.2) is 14.5 Å². The first-order valence-electron chi connectivity index (χ1n) is 10.3. The van der Waals surface area contributed by atoms with Crippen molar-refractivity contribution < 1.29 is 0 Å². The van der Waals surface area contributed by atoms with Gasteiger partial charge >= 0.3 is 171 Å². The van der Waals surface area contributed by atoms with Crippen LogP contribution in [0.4, 0.5) is 0 Å². The summed E-state index contributed by atoms with van der Waals surface area (Å²) in [6, 6.07) is 23.3. The van der Waals surface area contributed by atoms with Crippen molar-refractivity contribution in [1.82, 2.24) is 0 Å². The summed E-state index contributed by atoms with van der Waals surface area (Å²) >= 11 is 0.357. The SMILES string of the molecule is CCCCc1ccc(-c2cc(C)cc(-c3ccc(CCCC)cc3)[se+]2)cc1. The van der Waals surface area contributed by atoms with Gasteiger partial charge in [-0.3, -0.25) is 0 Å². The standard InChI is InChI=1S/C26H31Se/c1-4-6-8-21-10-14-23(15-11-21)25-18-20(3)19-26(27-25)24-16-12-22(13-17-24)9-7-5-2/h10-19H,4-9H2,1-3H3/q+1. The summed E-state index contributed by atoms with van der Waals surface area (Å²) in [5.74, 6) is 0. The van der Waals surface area contributed by atoms with Gasteiger partial charge in [0.1, 0.15) is 0 Å². The van der Waals surface area contributed by atoms with E-state index in [0.29, 0.717) is 14.5 Å². The van der Waals surface area contributed by atoms with Crippen LogP contribution in [-0.2, 0) is 12.8 Å². The molecule has 140 valence electrons. The van der Waals surface area contributed by atoms with Crippen molar-refractivity contribution in [3.8, 4) is 20.0 Å². The topological polar surface area (TPSA) is 0 Å². The normalized spacial score (nSPS) is 10.9. The average molecular weight is 422 g/mol. The van der Waals surface area contributed by atoms with Crippen molar-refractivity contribution in [2.24, 2.45) is 0 Å². The molecular formula is C26H31Se+. The van der Waals surface area contributed by atoms with Crippen molar-refractivity contribution in [3.05, 3.63) is 77.4 Å². The molecule has 0 saturated carbocycles. The summed E-state index contributed by atoms with van der Waals surface area (Å²) < 4.78 is 2.99. The maximum absolute atomic E-state index is 2.38. The van der Waals surface area contributed by atoms with Gasteiger partial charge in [0.2, 0.25) is 0 Å². The van der Waals surface area contributed by atoms with Gasteiger partial charge in [0.15, 0.2) is 0 Å². The van der Waals surface area contributed by atoms with Crippen LogP contribution in [0.2, 0.25) is 0 Å². The van der Waals surface area contributed by atoms with Crippen molar-refractivity contribution >= 4 is 14.5 Å². The minimum atomic E-state index is 0.357. The van der Waals surface area contributed by atoms with E-state index >= 15 is 0 Å². The third-order valence-corrected chi connectivity index (χ3v) is 7.46.